The molecule has 0 atom stereocenters. The zero-order chi connectivity index (χ0) is 10.8. The van der Waals surface area contributed by atoms with E-state index >= 15 is 0 Å². The van der Waals surface area contributed by atoms with E-state index in [1.807, 2.05) is 25.1 Å². The number of hydrogen-bond donors (Lipinski definition) is 3. The van der Waals surface area contributed by atoms with Crippen molar-refractivity contribution in [3.05, 3.63) is 23.8 Å². The number of rotatable bonds is 3. The molecule has 1 rings (SSSR count). The molecule has 0 saturated carbocycles. The van der Waals surface area contributed by atoms with E-state index in [0.29, 0.717) is 6.54 Å². The largest absolute Gasteiger partial charge is 0.399 e. The van der Waals surface area contributed by atoms with Crippen molar-refractivity contribution in [1.82, 2.24) is 0 Å². The first-order valence-corrected chi connectivity index (χ1v) is 4.70. The highest BCUT2D eigenvalue weighted by molar-refractivity contribution is 5.56. The van der Waals surface area contributed by atoms with E-state index in [9.17, 15) is 5.11 Å². The third-order valence-electron chi connectivity index (χ3n) is 1.82. The van der Waals surface area contributed by atoms with Crippen molar-refractivity contribution in [1.29, 1.82) is 0 Å². The maximum atomic E-state index is 9.52. The highest BCUT2D eigenvalue weighted by Gasteiger charge is 2.11. The Morgan fingerprint density at radius 1 is 1.36 bits per heavy atom. The minimum absolute atomic E-state index is 0.510. The summed E-state index contributed by atoms with van der Waals surface area (Å²) in [5.41, 5.74) is 7.79. The summed E-state index contributed by atoms with van der Waals surface area (Å²) in [7, 11) is 0. The minimum Gasteiger partial charge on any atom is -0.399 e. The van der Waals surface area contributed by atoms with Crippen LogP contribution in [0.2, 0.25) is 0 Å². The lowest BCUT2D eigenvalue weighted by atomic mass is 10.1. The third-order valence-corrected chi connectivity index (χ3v) is 1.82. The molecule has 1 aromatic rings. The molecule has 3 heteroatoms. The first-order valence-electron chi connectivity index (χ1n) is 4.70. The van der Waals surface area contributed by atoms with E-state index in [0.717, 1.165) is 16.9 Å². The van der Waals surface area contributed by atoms with Crippen molar-refractivity contribution in [2.75, 3.05) is 17.6 Å². The molecule has 0 saturated heterocycles. The lowest BCUT2D eigenvalue weighted by Gasteiger charge is -2.18. The fraction of sp³-hybridized carbons (Fsp3) is 0.455. The number of hydrogen-bond acceptors (Lipinski definition) is 3. The number of nitrogen functional groups attached to an aromatic ring is 1. The first kappa shape index (κ1) is 10.9. The maximum Gasteiger partial charge on any atom is 0.0763 e. The fourth-order valence-electron chi connectivity index (χ4n) is 1.23. The predicted octanol–water partition coefficient (Wildman–Crippen LogP) is 1.76. The van der Waals surface area contributed by atoms with E-state index in [4.69, 9.17) is 5.73 Å². The summed E-state index contributed by atoms with van der Waals surface area (Å²) < 4.78 is 0. The van der Waals surface area contributed by atoms with Crippen LogP contribution in [0.1, 0.15) is 19.4 Å². The van der Waals surface area contributed by atoms with Gasteiger partial charge in [-0.1, -0.05) is 0 Å². The second kappa shape index (κ2) is 3.88. The highest BCUT2D eigenvalue weighted by Crippen LogP contribution is 2.16. The van der Waals surface area contributed by atoms with Gasteiger partial charge in [-0.25, -0.2) is 0 Å². The Balaban J connectivity index is 2.68. The Hall–Kier alpha value is -1.22. The van der Waals surface area contributed by atoms with E-state index < -0.39 is 5.60 Å². The molecular weight excluding hydrogens is 176 g/mol. The Morgan fingerprint density at radius 2 is 2.00 bits per heavy atom. The lowest BCUT2D eigenvalue weighted by Crippen LogP contribution is -2.29. The number of anilines is 2. The quantitative estimate of drug-likeness (QED) is 0.643. The van der Waals surface area contributed by atoms with Crippen LogP contribution in [0.5, 0.6) is 0 Å². The normalized spacial score (nSPS) is 11.4. The Bertz CT molecular complexity index is 295. The standard InChI is InChI=1S/C11H18N2O/c1-8-4-9(12)6-10(5-8)13-7-11(2,3)14/h4-6,13-14H,7,12H2,1-3H3. The molecule has 4 N–H and O–H groups in total. The Labute approximate surface area is 84.9 Å². The molecule has 78 valence electrons. The van der Waals surface area contributed by atoms with Gasteiger partial charge in [0, 0.05) is 17.9 Å². The van der Waals surface area contributed by atoms with Gasteiger partial charge in [0.05, 0.1) is 5.60 Å². The Morgan fingerprint density at radius 3 is 2.50 bits per heavy atom. The van der Waals surface area contributed by atoms with E-state index in [2.05, 4.69) is 5.32 Å². The summed E-state index contributed by atoms with van der Waals surface area (Å²) in [6.45, 7) is 6.03. The molecule has 0 aliphatic carbocycles. The van der Waals surface area contributed by atoms with Gasteiger partial charge in [-0.3, -0.25) is 0 Å². The predicted molar refractivity (Wildman–Crippen MR) is 60.4 cm³/mol. The molecule has 14 heavy (non-hydrogen) atoms. The van der Waals surface area contributed by atoms with Gasteiger partial charge in [0.25, 0.3) is 0 Å². The molecule has 0 aliphatic rings. The number of aryl methyl sites for hydroxylation is 1. The van der Waals surface area contributed by atoms with Gasteiger partial charge in [0.2, 0.25) is 0 Å². The summed E-state index contributed by atoms with van der Waals surface area (Å²) in [4.78, 5) is 0. The van der Waals surface area contributed by atoms with Crippen LogP contribution in [0.3, 0.4) is 0 Å². The molecule has 0 aliphatic heterocycles. The fourth-order valence-corrected chi connectivity index (χ4v) is 1.23. The average molecular weight is 194 g/mol. The molecule has 3 nitrogen and oxygen atoms in total. The van der Waals surface area contributed by atoms with E-state index in [1.165, 1.54) is 0 Å². The Kier molecular flexibility index (Phi) is 3.01. The van der Waals surface area contributed by atoms with Crippen molar-refractivity contribution < 1.29 is 5.11 Å². The number of nitrogens with two attached hydrogens (primary N) is 1. The summed E-state index contributed by atoms with van der Waals surface area (Å²) >= 11 is 0. The zero-order valence-electron chi connectivity index (χ0n) is 8.96. The van der Waals surface area contributed by atoms with E-state index in [-0.39, 0.29) is 0 Å². The van der Waals surface area contributed by atoms with Crippen molar-refractivity contribution in [3.8, 4) is 0 Å². The minimum atomic E-state index is -0.710. The van der Waals surface area contributed by atoms with Crippen LogP contribution in [-0.4, -0.2) is 17.3 Å². The van der Waals surface area contributed by atoms with Crippen molar-refractivity contribution in [2.24, 2.45) is 0 Å². The van der Waals surface area contributed by atoms with Crippen LogP contribution in [0.25, 0.3) is 0 Å². The smallest absolute Gasteiger partial charge is 0.0763 e. The summed E-state index contributed by atoms with van der Waals surface area (Å²) in [6.07, 6.45) is 0. The van der Waals surface area contributed by atoms with Crippen LogP contribution >= 0.6 is 0 Å². The SMILES string of the molecule is Cc1cc(N)cc(NCC(C)(C)O)c1. The van der Waals surface area contributed by atoms with Gasteiger partial charge in [-0.15, -0.1) is 0 Å². The van der Waals surface area contributed by atoms with Crippen LogP contribution in [0.4, 0.5) is 11.4 Å². The van der Waals surface area contributed by atoms with E-state index in [1.54, 1.807) is 13.8 Å². The molecule has 0 bridgehead atoms. The van der Waals surface area contributed by atoms with Gasteiger partial charge in [-0.05, 0) is 44.5 Å². The summed E-state index contributed by atoms with van der Waals surface area (Å²) in [5.74, 6) is 0. The molecular formula is C11H18N2O. The number of benzene rings is 1. The zero-order valence-corrected chi connectivity index (χ0v) is 8.96. The van der Waals surface area contributed by atoms with Gasteiger partial charge in [0.15, 0.2) is 0 Å². The number of nitrogens with one attached hydrogen (secondary N) is 1. The van der Waals surface area contributed by atoms with Crippen molar-refractivity contribution >= 4 is 11.4 Å². The van der Waals surface area contributed by atoms with Gasteiger partial charge < -0.3 is 16.2 Å². The van der Waals surface area contributed by atoms with Gasteiger partial charge in [-0.2, -0.15) is 0 Å². The molecule has 0 heterocycles. The van der Waals surface area contributed by atoms with Crippen LogP contribution < -0.4 is 11.1 Å². The number of aliphatic hydroxyl groups is 1. The summed E-state index contributed by atoms with van der Waals surface area (Å²) in [6, 6.07) is 5.77. The second-order valence-corrected chi connectivity index (χ2v) is 4.30. The van der Waals surface area contributed by atoms with Crippen molar-refractivity contribution in [3.63, 3.8) is 0 Å². The topological polar surface area (TPSA) is 58.3 Å². The van der Waals surface area contributed by atoms with Crippen molar-refractivity contribution in [2.45, 2.75) is 26.4 Å². The van der Waals surface area contributed by atoms with Gasteiger partial charge in [0.1, 0.15) is 0 Å². The van der Waals surface area contributed by atoms with Crippen LogP contribution in [0, 0.1) is 6.92 Å². The second-order valence-electron chi connectivity index (χ2n) is 4.30. The average Bonchev–Trinajstić information content (AvgIpc) is 1.97. The molecule has 0 unspecified atom stereocenters. The molecule has 0 spiro atoms. The molecule has 0 aromatic heterocycles. The third kappa shape index (κ3) is 3.66. The monoisotopic (exact) mass is 194 g/mol. The van der Waals surface area contributed by atoms with Crippen LogP contribution in [0.15, 0.2) is 18.2 Å². The van der Waals surface area contributed by atoms with Crippen LogP contribution in [-0.2, 0) is 0 Å². The molecule has 0 amide bonds. The van der Waals surface area contributed by atoms with Gasteiger partial charge >= 0.3 is 0 Å². The summed E-state index contributed by atoms with van der Waals surface area (Å²) in [5, 5.41) is 12.7. The highest BCUT2D eigenvalue weighted by atomic mass is 16.3. The lowest BCUT2D eigenvalue weighted by molar-refractivity contribution is 0.0945. The molecule has 0 radical (unpaired) electrons. The molecule has 0 fully saturated rings. The first-order chi connectivity index (χ1) is 6.37. The molecule has 1 aromatic carbocycles. The maximum absolute atomic E-state index is 9.52.